The lowest BCUT2D eigenvalue weighted by Crippen LogP contribution is -2.41. The fraction of sp³-hybridized carbons (Fsp3) is 0.588. The van der Waals surface area contributed by atoms with Gasteiger partial charge in [0.05, 0.1) is 26.4 Å². The lowest BCUT2D eigenvalue weighted by atomic mass is 10.1. The van der Waals surface area contributed by atoms with Crippen LogP contribution in [0, 0.1) is 5.92 Å². The molecule has 1 aliphatic rings. The van der Waals surface area contributed by atoms with Crippen LogP contribution in [-0.2, 0) is 9.53 Å². The number of benzene rings is 1. The molecule has 1 saturated heterocycles. The van der Waals surface area contributed by atoms with Crippen LogP contribution in [0.3, 0.4) is 0 Å². The number of morpholine rings is 1. The molecule has 0 saturated carbocycles. The molecule has 122 valence electrons. The standard InChI is InChI=1S/C17H26N2O3/c1-14(2)7-10-22-16-5-3-15(4-6-16)18-17(20)13-19-8-11-21-12-9-19/h3-6,14H,7-13H2,1-2H3,(H,18,20). The van der Waals surface area contributed by atoms with Crippen molar-refractivity contribution in [3.8, 4) is 5.75 Å². The first kappa shape index (κ1) is 16.8. The maximum atomic E-state index is 12.0. The van der Waals surface area contributed by atoms with Crippen LogP contribution >= 0.6 is 0 Å². The first-order valence-electron chi connectivity index (χ1n) is 7.96. The van der Waals surface area contributed by atoms with Gasteiger partial charge in [-0.05, 0) is 36.6 Å². The van der Waals surface area contributed by atoms with E-state index in [0.717, 1.165) is 37.6 Å². The molecule has 0 radical (unpaired) electrons. The molecule has 2 rings (SSSR count). The highest BCUT2D eigenvalue weighted by molar-refractivity contribution is 5.92. The molecule has 1 aliphatic heterocycles. The minimum Gasteiger partial charge on any atom is -0.494 e. The summed E-state index contributed by atoms with van der Waals surface area (Å²) in [6.07, 6.45) is 1.04. The van der Waals surface area contributed by atoms with Crippen molar-refractivity contribution >= 4 is 11.6 Å². The lowest BCUT2D eigenvalue weighted by molar-refractivity contribution is -0.118. The van der Waals surface area contributed by atoms with Gasteiger partial charge in [-0.15, -0.1) is 0 Å². The highest BCUT2D eigenvalue weighted by atomic mass is 16.5. The van der Waals surface area contributed by atoms with Crippen LogP contribution in [0.2, 0.25) is 0 Å². The Labute approximate surface area is 132 Å². The van der Waals surface area contributed by atoms with E-state index in [2.05, 4.69) is 24.1 Å². The predicted octanol–water partition coefficient (Wildman–Crippen LogP) is 2.38. The van der Waals surface area contributed by atoms with Crippen molar-refractivity contribution < 1.29 is 14.3 Å². The average Bonchev–Trinajstić information content (AvgIpc) is 2.49. The van der Waals surface area contributed by atoms with Gasteiger partial charge < -0.3 is 14.8 Å². The number of ether oxygens (including phenoxy) is 2. The second kappa shape index (κ2) is 8.76. The monoisotopic (exact) mass is 306 g/mol. The van der Waals surface area contributed by atoms with E-state index in [1.807, 2.05) is 24.3 Å². The summed E-state index contributed by atoms with van der Waals surface area (Å²) in [6.45, 7) is 8.53. The highest BCUT2D eigenvalue weighted by Crippen LogP contribution is 2.16. The Balaban J connectivity index is 1.74. The van der Waals surface area contributed by atoms with Gasteiger partial charge in [0.25, 0.3) is 0 Å². The summed E-state index contributed by atoms with van der Waals surface area (Å²) in [4.78, 5) is 14.1. The minimum absolute atomic E-state index is 0.00961. The third-order valence-electron chi connectivity index (χ3n) is 3.57. The number of hydrogen-bond acceptors (Lipinski definition) is 4. The highest BCUT2D eigenvalue weighted by Gasteiger charge is 2.14. The summed E-state index contributed by atoms with van der Waals surface area (Å²) in [5, 5.41) is 2.91. The SMILES string of the molecule is CC(C)CCOc1ccc(NC(=O)CN2CCOCC2)cc1. The van der Waals surface area contributed by atoms with Crippen molar-refractivity contribution in [2.24, 2.45) is 5.92 Å². The Morgan fingerprint density at radius 1 is 1.27 bits per heavy atom. The molecule has 1 aromatic rings. The topological polar surface area (TPSA) is 50.8 Å². The first-order chi connectivity index (χ1) is 10.6. The van der Waals surface area contributed by atoms with Crippen LogP contribution in [0.25, 0.3) is 0 Å². The fourth-order valence-electron chi connectivity index (χ4n) is 2.21. The summed E-state index contributed by atoms with van der Waals surface area (Å²) in [7, 11) is 0. The van der Waals surface area contributed by atoms with Crippen molar-refractivity contribution in [1.29, 1.82) is 0 Å². The molecule has 0 bridgehead atoms. The quantitative estimate of drug-likeness (QED) is 0.840. The van der Waals surface area contributed by atoms with Crippen molar-refractivity contribution in [3.05, 3.63) is 24.3 Å². The average molecular weight is 306 g/mol. The molecule has 0 aromatic heterocycles. The van der Waals surface area contributed by atoms with Gasteiger partial charge in [-0.2, -0.15) is 0 Å². The van der Waals surface area contributed by atoms with Gasteiger partial charge in [0, 0.05) is 18.8 Å². The Bertz CT molecular complexity index is 453. The van der Waals surface area contributed by atoms with E-state index in [1.54, 1.807) is 0 Å². The maximum Gasteiger partial charge on any atom is 0.238 e. The number of hydrogen-bond donors (Lipinski definition) is 1. The van der Waals surface area contributed by atoms with E-state index in [1.165, 1.54) is 0 Å². The molecule has 1 fully saturated rings. The summed E-state index contributed by atoms with van der Waals surface area (Å²) in [5.41, 5.74) is 0.800. The number of amides is 1. The lowest BCUT2D eigenvalue weighted by Gasteiger charge is -2.25. The molecule has 1 heterocycles. The zero-order valence-corrected chi connectivity index (χ0v) is 13.5. The van der Waals surface area contributed by atoms with Gasteiger partial charge in [0.15, 0.2) is 0 Å². The molecule has 1 amide bonds. The zero-order chi connectivity index (χ0) is 15.8. The molecular formula is C17H26N2O3. The van der Waals surface area contributed by atoms with Crippen molar-refractivity contribution in [1.82, 2.24) is 4.90 Å². The molecule has 5 nitrogen and oxygen atoms in total. The van der Waals surface area contributed by atoms with E-state index < -0.39 is 0 Å². The zero-order valence-electron chi connectivity index (χ0n) is 13.5. The third kappa shape index (κ3) is 6.03. The number of carbonyl (C=O) groups is 1. The Hall–Kier alpha value is -1.59. The maximum absolute atomic E-state index is 12.0. The Kier molecular flexibility index (Phi) is 6.68. The van der Waals surface area contributed by atoms with Gasteiger partial charge >= 0.3 is 0 Å². The van der Waals surface area contributed by atoms with Crippen LogP contribution in [0.4, 0.5) is 5.69 Å². The van der Waals surface area contributed by atoms with Crippen LogP contribution < -0.4 is 10.1 Å². The fourth-order valence-corrected chi connectivity index (χ4v) is 2.21. The van der Waals surface area contributed by atoms with Gasteiger partial charge in [0.2, 0.25) is 5.91 Å². The molecule has 0 unspecified atom stereocenters. The molecule has 5 heteroatoms. The summed E-state index contributed by atoms with van der Waals surface area (Å²) in [6, 6.07) is 7.54. The summed E-state index contributed by atoms with van der Waals surface area (Å²) < 4.78 is 10.9. The molecule has 0 aliphatic carbocycles. The van der Waals surface area contributed by atoms with E-state index in [-0.39, 0.29) is 5.91 Å². The summed E-state index contributed by atoms with van der Waals surface area (Å²) in [5.74, 6) is 1.49. The number of carbonyl (C=O) groups excluding carboxylic acids is 1. The molecular weight excluding hydrogens is 280 g/mol. The van der Waals surface area contributed by atoms with Crippen LogP contribution in [0.1, 0.15) is 20.3 Å². The van der Waals surface area contributed by atoms with Crippen molar-refractivity contribution in [2.45, 2.75) is 20.3 Å². The summed E-state index contributed by atoms with van der Waals surface area (Å²) >= 11 is 0. The van der Waals surface area contributed by atoms with Gasteiger partial charge in [-0.1, -0.05) is 13.8 Å². The first-order valence-corrected chi connectivity index (χ1v) is 7.96. The number of anilines is 1. The van der Waals surface area contributed by atoms with Crippen LogP contribution in [-0.4, -0.2) is 50.3 Å². The van der Waals surface area contributed by atoms with Crippen LogP contribution in [0.15, 0.2) is 24.3 Å². The second-order valence-corrected chi connectivity index (χ2v) is 5.99. The van der Waals surface area contributed by atoms with E-state index in [0.29, 0.717) is 25.7 Å². The third-order valence-corrected chi connectivity index (χ3v) is 3.57. The molecule has 0 spiro atoms. The largest absolute Gasteiger partial charge is 0.494 e. The number of nitrogens with zero attached hydrogens (tertiary/aromatic N) is 1. The van der Waals surface area contributed by atoms with Crippen molar-refractivity contribution in [3.63, 3.8) is 0 Å². The Morgan fingerprint density at radius 3 is 2.59 bits per heavy atom. The predicted molar refractivity (Wildman–Crippen MR) is 87.3 cm³/mol. The number of rotatable bonds is 7. The minimum atomic E-state index is 0.00961. The molecule has 1 N–H and O–H groups in total. The van der Waals surface area contributed by atoms with Gasteiger partial charge in [-0.3, -0.25) is 9.69 Å². The van der Waals surface area contributed by atoms with E-state index >= 15 is 0 Å². The van der Waals surface area contributed by atoms with Gasteiger partial charge in [0.1, 0.15) is 5.75 Å². The van der Waals surface area contributed by atoms with Crippen LogP contribution in [0.5, 0.6) is 5.75 Å². The molecule has 22 heavy (non-hydrogen) atoms. The van der Waals surface area contributed by atoms with Crippen molar-refractivity contribution in [2.75, 3.05) is 44.8 Å². The van der Waals surface area contributed by atoms with E-state index in [9.17, 15) is 4.79 Å². The number of nitrogens with one attached hydrogen (secondary N) is 1. The molecule has 1 aromatic carbocycles. The van der Waals surface area contributed by atoms with E-state index in [4.69, 9.17) is 9.47 Å². The second-order valence-electron chi connectivity index (χ2n) is 5.99. The smallest absolute Gasteiger partial charge is 0.238 e. The Morgan fingerprint density at radius 2 is 1.95 bits per heavy atom. The molecule has 0 atom stereocenters. The normalized spacial score (nSPS) is 15.8. The van der Waals surface area contributed by atoms with Gasteiger partial charge in [-0.25, -0.2) is 0 Å².